The number of carbonyl (C=O) groups excluding carboxylic acids is 1. The Bertz CT molecular complexity index is 1090. The summed E-state index contributed by atoms with van der Waals surface area (Å²) in [5.41, 5.74) is 3.43. The number of aliphatic carboxylic acids is 1. The van der Waals surface area contributed by atoms with E-state index >= 15 is 0 Å². The number of aromatic amines is 1. The van der Waals surface area contributed by atoms with E-state index in [1.807, 2.05) is 48.7 Å². The standard InChI is InChI=1S/C24H24N2O5/c27-23(28)24(29)31-19(16-30-22-8-4-7-21-20(22)9-12-25-21)15-26-13-10-18(11-14-26)17-5-2-1-3-6-17/h1-10,12,19,25H,11,13-16H2,(H,27,28)/t19-/m0/s1. The maximum atomic E-state index is 11.7. The Labute approximate surface area is 179 Å². The Hall–Kier alpha value is -3.58. The number of carbonyl (C=O) groups is 2. The zero-order chi connectivity index (χ0) is 21.6. The molecule has 0 amide bonds. The molecule has 0 saturated carbocycles. The first-order valence-electron chi connectivity index (χ1n) is 10.2. The minimum Gasteiger partial charge on any atom is -0.489 e. The lowest BCUT2D eigenvalue weighted by molar-refractivity contribution is -0.168. The van der Waals surface area contributed by atoms with E-state index in [4.69, 9.17) is 14.6 Å². The summed E-state index contributed by atoms with van der Waals surface area (Å²) in [4.78, 5) is 28.0. The molecule has 7 heteroatoms. The molecule has 1 aliphatic rings. The van der Waals surface area contributed by atoms with Gasteiger partial charge < -0.3 is 19.6 Å². The molecule has 2 aromatic carbocycles. The van der Waals surface area contributed by atoms with Gasteiger partial charge in [-0.05, 0) is 35.8 Å². The van der Waals surface area contributed by atoms with Crippen molar-refractivity contribution in [3.05, 3.63) is 72.4 Å². The quantitative estimate of drug-likeness (QED) is 0.450. The summed E-state index contributed by atoms with van der Waals surface area (Å²) in [7, 11) is 0. The SMILES string of the molecule is O=C(O)C(=O)O[C@H](COc1cccc2[nH]ccc12)CN1CC=C(c2ccccc2)CC1. The van der Waals surface area contributed by atoms with Crippen LogP contribution < -0.4 is 4.74 Å². The average molecular weight is 420 g/mol. The summed E-state index contributed by atoms with van der Waals surface area (Å²) >= 11 is 0. The first-order valence-corrected chi connectivity index (χ1v) is 10.2. The van der Waals surface area contributed by atoms with Gasteiger partial charge in [0.15, 0.2) is 0 Å². The van der Waals surface area contributed by atoms with E-state index in [9.17, 15) is 9.59 Å². The van der Waals surface area contributed by atoms with Crippen LogP contribution in [0, 0.1) is 0 Å². The van der Waals surface area contributed by atoms with E-state index < -0.39 is 18.0 Å². The van der Waals surface area contributed by atoms with Gasteiger partial charge in [-0.15, -0.1) is 0 Å². The summed E-state index contributed by atoms with van der Waals surface area (Å²) in [5, 5.41) is 9.87. The maximum Gasteiger partial charge on any atom is 0.417 e. The van der Waals surface area contributed by atoms with Crippen molar-refractivity contribution in [2.45, 2.75) is 12.5 Å². The molecule has 0 aliphatic carbocycles. The number of hydrogen-bond acceptors (Lipinski definition) is 5. The molecule has 1 atom stereocenters. The van der Waals surface area contributed by atoms with Crippen molar-refractivity contribution in [2.75, 3.05) is 26.2 Å². The molecular weight excluding hydrogens is 396 g/mol. The lowest BCUT2D eigenvalue weighted by atomic mass is 9.99. The number of carboxylic acids is 1. The number of hydrogen-bond donors (Lipinski definition) is 2. The number of nitrogens with zero attached hydrogens (tertiary/aromatic N) is 1. The highest BCUT2D eigenvalue weighted by Crippen LogP contribution is 2.25. The molecular formula is C24H24N2O5. The Morgan fingerprint density at radius 3 is 2.68 bits per heavy atom. The molecule has 31 heavy (non-hydrogen) atoms. The largest absolute Gasteiger partial charge is 0.489 e. The first-order chi connectivity index (χ1) is 15.1. The third-order valence-electron chi connectivity index (χ3n) is 5.33. The number of aromatic nitrogens is 1. The molecule has 0 bridgehead atoms. The predicted molar refractivity (Wildman–Crippen MR) is 117 cm³/mol. The van der Waals surface area contributed by atoms with E-state index in [1.165, 1.54) is 11.1 Å². The summed E-state index contributed by atoms with van der Waals surface area (Å²) in [5.74, 6) is -2.23. The van der Waals surface area contributed by atoms with E-state index in [-0.39, 0.29) is 6.61 Å². The third kappa shape index (κ3) is 5.13. The Balaban J connectivity index is 1.42. The van der Waals surface area contributed by atoms with Crippen LogP contribution in [0.5, 0.6) is 5.75 Å². The molecule has 1 aromatic heterocycles. The minimum atomic E-state index is -1.61. The van der Waals surface area contributed by atoms with Crippen LogP contribution in [-0.2, 0) is 14.3 Å². The number of carboxylic acid groups (broad SMARTS) is 1. The van der Waals surface area contributed by atoms with Gasteiger partial charge in [0.2, 0.25) is 0 Å². The fourth-order valence-corrected chi connectivity index (χ4v) is 3.77. The Morgan fingerprint density at radius 2 is 1.94 bits per heavy atom. The van der Waals surface area contributed by atoms with Gasteiger partial charge in [0.25, 0.3) is 0 Å². The maximum absolute atomic E-state index is 11.7. The van der Waals surface area contributed by atoms with Crippen LogP contribution in [0.25, 0.3) is 16.5 Å². The van der Waals surface area contributed by atoms with Crippen LogP contribution in [0.1, 0.15) is 12.0 Å². The molecule has 2 heterocycles. The molecule has 0 unspecified atom stereocenters. The van der Waals surface area contributed by atoms with Crippen LogP contribution in [0.4, 0.5) is 0 Å². The van der Waals surface area contributed by atoms with E-state index in [2.05, 4.69) is 28.1 Å². The normalized spacial score (nSPS) is 15.3. The monoisotopic (exact) mass is 420 g/mol. The van der Waals surface area contributed by atoms with Crippen molar-refractivity contribution in [1.82, 2.24) is 9.88 Å². The van der Waals surface area contributed by atoms with Crippen molar-refractivity contribution in [3.63, 3.8) is 0 Å². The molecule has 0 spiro atoms. The number of esters is 1. The van der Waals surface area contributed by atoms with Gasteiger partial charge in [-0.2, -0.15) is 0 Å². The highest BCUT2D eigenvalue weighted by atomic mass is 16.6. The molecule has 2 N–H and O–H groups in total. The lowest BCUT2D eigenvalue weighted by Gasteiger charge is -2.29. The first kappa shape index (κ1) is 20.7. The smallest absolute Gasteiger partial charge is 0.417 e. The van der Waals surface area contributed by atoms with Crippen LogP contribution >= 0.6 is 0 Å². The number of benzene rings is 2. The summed E-state index contributed by atoms with van der Waals surface area (Å²) < 4.78 is 11.1. The third-order valence-corrected chi connectivity index (χ3v) is 5.33. The second-order valence-electron chi connectivity index (χ2n) is 7.44. The number of ether oxygens (including phenoxy) is 2. The van der Waals surface area contributed by atoms with Gasteiger partial charge in [0.05, 0.1) is 0 Å². The lowest BCUT2D eigenvalue weighted by Crippen LogP contribution is -2.41. The van der Waals surface area contributed by atoms with Gasteiger partial charge in [-0.25, -0.2) is 9.59 Å². The van der Waals surface area contributed by atoms with Crippen molar-refractivity contribution in [2.24, 2.45) is 0 Å². The zero-order valence-corrected chi connectivity index (χ0v) is 17.0. The molecule has 0 fully saturated rings. The molecule has 0 radical (unpaired) electrons. The Morgan fingerprint density at radius 1 is 1.10 bits per heavy atom. The van der Waals surface area contributed by atoms with E-state index in [0.717, 1.165) is 23.9 Å². The number of fused-ring (bicyclic) bond motifs is 1. The fraction of sp³-hybridized carbons (Fsp3) is 0.250. The Kier molecular flexibility index (Phi) is 6.33. The van der Waals surface area contributed by atoms with E-state index in [0.29, 0.717) is 18.8 Å². The van der Waals surface area contributed by atoms with Crippen LogP contribution in [0.2, 0.25) is 0 Å². The average Bonchev–Trinajstić information content (AvgIpc) is 3.28. The van der Waals surface area contributed by atoms with Crippen molar-refractivity contribution in [3.8, 4) is 5.75 Å². The molecule has 7 nitrogen and oxygen atoms in total. The van der Waals surface area contributed by atoms with Gasteiger partial charge >= 0.3 is 11.9 Å². The summed E-state index contributed by atoms with van der Waals surface area (Å²) in [6.07, 6.45) is 4.15. The zero-order valence-electron chi connectivity index (χ0n) is 17.0. The molecule has 4 rings (SSSR count). The van der Waals surface area contributed by atoms with Crippen molar-refractivity contribution >= 4 is 28.4 Å². The predicted octanol–water partition coefficient (Wildman–Crippen LogP) is 3.33. The van der Waals surface area contributed by atoms with E-state index in [1.54, 1.807) is 0 Å². The van der Waals surface area contributed by atoms with Gasteiger partial charge in [-0.3, -0.25) is 4.90 Å². The summed E-state index contributed by atoms with van der Waals surface area (Å²) in [6, 6.07) is 17.8. The minimum absolute atomic E-state index is 0.0646. The summed E-state index contributed by atoms with van der Waals surface area (Å²) in [6.45, 7) is 1.93. The molecule has 160 valence electrons. The van der Waals surface area contributed by atoms with Gasteiger partial charge in [-0.1, -0.05) is 42.5 Å². The van der Waals surface area contributed by atoms with Crippen LogP contribution in [0.3, 0.4) is 0 Å². The second-order valence-corrected chi connectivity index (χ2v) is 7.44. The molecule has 0 saturated heterocycles. The number of nitrogens with one attached hydrogen (secondary N) is 1. The fourth-order valence-electron chi connectivity index (χ4n) is 3.77. The molecule has 1 aliphatic heterocycles. The topological polar surface area (TPSA) is 91.9 Å². The highest BCUT2D eigenvalue weighted by molar-refractivity contribution is 6.28. The number of rotatable bonds is 7. The highest BCUT2D eigenvalue weighted by Gasteiger charge is 2.24. The second kappa shape index (κ2) is 9.49. The van der Waals surface area contributed by atoms with Crippen LogP contribution in [-0.4, -0.2) is 59.3 Å². The molecule has 3 aromatic rings. The number of H-pyrrole nitrogens is 1. The van der Waals surface area contributed by atoms with Crippen molar-refractivity contribution in [1.29, 1.82) is 0 Å². The van der Waals surface area contributed by atoms with Gasteiger partial charge in [0, 0.05) is 36.7 Å². The van der Waals surface area contributed by atoms with Crippen LogP contribution in [0.15, 0.2) is 66.9 Å². The van der Waals surface area contributed by atoms with Crippen molar-refractivity contribution < 1.29 is 24.2 Å². The van der Waals surface area contributed by atoms with Gasteiger partial charge in [0.1, 0.15) is 18.5 Å².